The van der Waals surface area contributed by atoms with Crippen molar-refractivity contribution in [2.45, 2.75) is 31.4 Å². The van der Waals surface area contributed by atoms with E-state index in [9.17, 15) is 9.90 Å². The zero-order chi connectivity index (χ0) is 13.0. The summed E-state index contributed by atoms with van der Waals surface area (Å²) in [5, 5.41) is 13.3. The maximum absolute atomic E-state index is 11.5. The van der Waals surface area contributed by atoms with Gasteiger partial charge in [-0.05, 0) is 25.3 Å². The van der Waals surface area contributed by atoms with Crippen LogP contribution >= 0.6 is 11.8 Å². The molecule has 1 unspecified atom stereocenters. The number of hydrogen-bond donors (Lipinski definition) is 2. The first-order valence-corrected chi connectivity index (χ1v) is 7.38. The molecule has 0 aromatic heterocycles. The Kier molecular flexibility index (Phi) is 4.30. The van der Waals surface area contributed by atoms with Crippen LogP contribution in [-0.2, 0) is 10.4 Å². The summed E-state index contributed by atoms with van der Waals surface area (Å²) >= 11 is 1.47. The molecule has 1 fully saturated rings. The first kappa shape index (κ1) is 13.4. The second-order valence-electron chi connectivity index (χ2n) is 4.97. The normalized spacial score (nSPS) is 18.1. The fourth-order valence-electron chi connectivity index (χ4n) is 1.72. The molecule has 0 heterocycles. The van der Waals surface area contributed by atoms with E-state index in [0.717, 1.165) is 18.4 Å². The number of aliphatic hydroxyl groups is 1. The maximum Gasteiger partial charge on any atom is 0.230 e. The molecule has 0 saturated heterocycles. The van der Waals surface area contributed by atoms with Crippen molar-refractivity contribution in [1.82, 2.24) is 5.32 Å². The Balaban J connectivity index is 1.76. The van der Waals surface area contributed by atoms with Crippen LogP contribution in [0.2, 0.25) is 0 Å². The molecule has 1 aromatic carbocycles. The largest absolute Gasteiger partial charge is 0.385 e. The van der Waals surface area contributed by atoms with Gasteiger partial charge in [-0.2, -0.15) is 0 Å². The van der Waals surface area contributed by atoms with Crippen LogP contribution in [0.4, 0.5) is 0 Å². The summed E-state index contributed by atoms with van der Waals surface area (Å²) in [6.45, 7) is 1.79. The van der Waals surface area contributed by atoms with Crippen molar-refractivity contribution >= 4 is 17.7 Å². The lowest BCUT2D eigenvalue weighted by Crippen LogP contribution is -2.29. The molecule has 0 aliphatic heterocycles. The molecule has 1 aliphatic carbocycles. The van der Waals surface area contributed by atoms with Gasteiger partial charge in [0.05, 0.1) is 11.4 Å². The molecule has 2 N–H and O–H groups in total. The monoisotopic (exact) mass is 265 g/mol. The molecule has 0 radical (unpaired) electrons. The predicted octanol–water partition coefficient (Wildman–Crippen LogP) is 1.91. The van der Waals surface area contributed by atoms with E-state index in [-0.39, 0.29) is 5.91 Å². The van der Waals surface area contributed by atoms with Gasteiger partial charge in [-0.25, -0.2) is 0 Å². The third-order valence-corrected chi connectivity index (χ3v) is 4.19. The van der Waals surface area contributed by atoms with Crippen LogP contribution < -0.4 is 5.32 Å². The van der Waals surface area contributed by atoms with E-state index >= 15 is 0 Å². The van der Waals surface area contributed by atoms with Crippen molar-refractivity contribution in [3.05, 3.63) is 35.9 Å². The van der Waals surface area contributed by atoms with Gasteiger partial charge < -0.3 is 10.4 Å². The van der Waals surface area contributed by atoms with Crippen LogP contribution in [-0.4, -0.2) is 28.6 Å². The quantitative estimate of drug-likeness (QED) is 0.826. The van der Waals surface area contributed by atoms with Crippen molar-refractivity contribution in [3.63, 3.8) is 0 Å². The van der Waals surface area contributed by atoms with Crippen LogP contribution in [0.25, 0.3) is 0 Å². The number of hydrogen-bond acceptors (Lipinski definition) is 3. The lowest BCUT2D eigenvalue weighted by molar-refractivity contribution is -0.118. The first-order valence-electron chi connectivity index (χ1n) is 6.23. The lowest BCUT2D eigenvalue weighted by atomic mass is 9.99. The minimum atomic E-state index is -0.883. The number of carbonyl (C=O) groups excluding carboxylic acids is 1. The zero-order valence-electron chi connectivity index (χ0n) is 10.6. The highest BCUT2D eigenvalue weighted by molar-refractivity contribution is 8.00. The Bertz CT molecular complexity index is 402. The summed E-state index contributed by atoms with van der Waals surface area (Å²) in [6.07, 6.45) is 2.22. The number of benzene rings is 1. The van der Waals surface area contributed by atoms with Crippen molar-refractivity contribution < 1.29 is 9.90 Å². The summed E-state index contributed by atoms with van der Waals surface area (Å²) in [7, 11) is 0. The number of thioether (sulfide) groups is 1. The van der Waals surface area contributed by atoms with E-state index in [1.165, 1.54) is 11.8 Å². The van der Waals surface area contributed by atoms with Gasteiger partial charge in [-0.3, -0.25) is 4.79 Å². The maximum atomic E-state index is 11.5. The fourth-order valence-corrected chi connectivity index (χ4v) is 2.65. The van der Waals surface area contributed by atoms with Gasteiger partial charge in [0.25, 0.3) is 0 Å². The summed E-state index contributed by atoms with van der Waals surface area (Å²) in [5.41, 5.74) is 0.00584. The van der Waals surface area contributed by atoms with Gasteiger partial charge in [-0.1, -0.05) is 30.3 Å². The van der Waals surface area contributed by atoms with Crippen molar-refractivity contribution in [2.24, 2.45) is 0 Å². The molecule has 98 valence electrons. The van der Waals surface area contributed by atoms with Crippen molar-refractivity contribution in [1.29, 1.82) is 0 Å². The van der Waals surface area contributed by atoms with E-state index < -0.39 is 5.60 Å². The highest BCUT2D eigenvalue weighted by Crippen LogP contribution is 2.25. The number of rotatable bonds is 6. The Labute approximate surface area is 112 Å². The van der Waals surface area contributed by atoms with E-state index in [2.05, 4.69) is 5.32 Å². The summed E-state index contributed by atoms with van der Waals surface area (Å²) in [5.74, 6) is 1.01. The Morgan fingerprint density at radius 1 is 1.44 bits per heavy atom. The van der Waals surface area contributed by atoms with Gasteiger partial charge in [0.15, 0.2) is 0 Å². The van der Waals surface area contributed by atoms with E-state index in [4.69, 9.17) is 0 Å². The van der Waals surface area contributed by atoms with E-state index in [0.29, 0.717) is 17.5 Å². The smallest absolute Gasteiger partial charge is 0.230 e. The van der Waals surface area contributed by atoms with Crippen molar-refractivity contribution in [3.8, 4) is 0 Å². The average molecular weight is 265 g/mol. The van der Waals surface area contributed by atoms with E-state index in [1.807, 2.05) is 30.3 Å². The first-order chi connectivity index (χ1) is 8.58. The van der Waals surface area contributed by atoms with Gasteiger partial charge in [0.2, 0.25) is 5.91 Å². The van der Waals surface area contributed by atoms with Gasteiger partial charge in [-0.15, -0.1) is 11.8 Å². The van der Waals surface area contributed by atoms with Crippen LogP contribution in [0.15, 0.2) is 30.3 Å². The Morgan fingerprint density at radius 3 is 2.72 bits per heavy atom. The summed E-state index contributed by atoms with van der Waals surface area (Å²) in [4.78, 5) is 11.5. The summed E-state index contributed by atoms with van der Waals surface area (Å²) < 4.78 is 0. The number of amides is 1. The molecule has 0 spiro atoms. The van der Waals surface area contributed by atoms with Gasteiger partial charge in [0.1, 0.15) is 0 Å². The highest BCUT2D eigenvalue weighted by Gasteiger charge is 2.25. The topological polar surface area (TPSA) is 49.3 Å². The van der Waals surface area contributed by atoms with Crippen LogP contribution in [0.1, 0.15) is 25.3 Å². The predicted molar refractivity (Wildman–Crippen MR) is 74.5 cm³/mol. The fraction of sp³-hybridized carbons (Fsp3) is 0.500. The minimum Gasteiger partial charge on any atom is -0.385 e. The Hall–Kier alpha value is -1.00. The van der Waals surface area contributed by atoms with Gasteiger partial charge in [0, 0.05) is 11.8 Å². The second kappa shape index (κ2) is 5.76. The van der Waals surface area contributed by atoms with Crippen LogP contribution in [0.5, 0.6) is 0 Å². The molecule has 3 nitrogen and oxygen atoms in total. The molecule has 0 bridgehead atoms. The average Bonchev–Trinajstić information content (AvgIpc) is 3.14. The Morgan fingerprint density at radius 2 is 2.11 bits per heavy atom. The van der Waals surface area contributed by atoms with Crippen LogP contribution in [0.3, 0.4) is 0 Å². The molecule has 1 aliphatic rings. The molecule has 1 aromatic rings. The lowest BCUT2D eigenvalue weighted by Gasteiger charge is -2.23. The SMILES string of the molecule is CC(O)(CSCC(=O)NC1CC1)c1ccccc1. The molecule has 2 rings (SSSR count). The molecule has 1 atom stereocenters. The van der Waals surface area contributed by atoms with Gasteiger partial charge >= 0.3 is 0 Å². The highest BCUT2D eigenvalue weighted by atomic mass is 32.2. The molecule has 4 heteroatoms. The van der Waals surface area contributed by atoms with E-state index in [1.54, 1.807) is 6.92 Å². The molecule has 1 saturated carbocycles. The minimum absolute atomic E-state index is 0.0753. The summed E-state index contributed by atoms with van der Waals surface area (Å²) in [6, 6.07) is 9.97. The third kappa shape index (κ3) is 4.03. The van der Waals surface area contributed by atoms with Crippen molar-refractivity contribution in [2.75, 3.05) is 11.5 Å². The third-order valence-electron chi connectivity index (χ3n) is 2.95. The molecule has 18 heavy (non-hydrogen) atoms. The zero-order valence-corrected chi connectivity index (χ0v) is 11.4. The number of nitrogens with one attached hydrogen (secondary N) is 1. The molecule has 1 amide bonds. The molecular weight excluding hydrogens is 246 g/mol. The molecular formula is C14H19NO2S. The second-order valence-corrected chi connectivity index (χ2v) is 5.96. The standard InChI is InChI=1S/C14H19NO2S/c1-14(17,11-5-3-2-4-6-11)10-18-9-13(16)15-12-7-8-12/h2-6,12,17H,7-10H2,1H3,(H,15,16). The van der Waals surface area contributed by atoms with Crippen LogP contribution in [0, 0.1) is 0 Å². The number of carbonyl (C=O) groups is 1.